The zero-order chi connectivity index (χ0) is 15.5. The van der Waals surface area contributed by atoms with Crippen LogP contribution in [-0.2, 0) is 23.1 Å². The molecule has 4 rings (SSSR count). The van der Waals surface area contributed by atoms with Crippen molar-refractivity contribution in [2.75, 3.05) is 13.2 Å². The molecule has 0 N–H and O–H groups in total. The van der Waals surface area contributed by atoms with E-state index in [0.29, 0.717) is 30.9 Å². The molecule has 0 amide bonds. The molecule has 0 radical (unpaired) electrons. The fraction of sp³-hybridized carbons (Fsp3) is 0.643. The molecule has 1 aliphatic carbocycles. The van der Waals surface area contributed by atoms with Crippen LogP contribution in [0.5, 0.6) is 0 Å². The van der Waals surface area contributed by atoms with Crippen LogP contribution in [0.3, 0.4) is 0 Å². The largest absolute Gasteiger partial charge is 0.346 e. The molecule has 0 spiro atoms. The molecule has 0 atom stereocenters. The predicted molar refractivity (Wildman–Crippen MR) is 77.8 cm³/mol. The van der Waals surface area contributed by atoms with Gasteiger partial charge in [0.2, 0.25) is 0 Å². The standard InChI is InChI=1S/C14H18N4O4/c1-14(21-5-6-22-14)7-17-8-15-11-10(17)12(19)16(2)13(20)18(11)9-3-4-9/h8-9H,3-7H2,1-2H3. The first-order valence-electron chi connectivity index (χ1n) is 7.44. The van der Waals surface area contributed by atoms with E-state index in [1.807, 2.05) is 6.92 Å². The van der Waals surface area contributed by atoms with Crippen molar-refractivity contribution in [2.45, 2.75) is 38.1 Å². The number of imidazole rings is 1. The first-order valence-corrected chi connectivity index (χ1v) is 7.44. The van der Waals surface area contributed by atoms with Gasteiger partial charge in [0.05, 0.1) is 26.1 Å². The van der Waals surface area contributed by atoms with Gasteiger partial charge in [0.25, 0.3) is 5.56 Å². The molecule has 2 aromatic rings. The summed E-state index contributed by atoms with van der Waals surface area (Å²) in [6.45, 7) is 3.27. The second-order valence-corrected chi connectivity index (χ2v) is 6.12. The minimum absolute atomic E-state index is 0.153. The highest BCUT2D eigenvalue weighted by Gasteiger charge is 2.34. The van der Waals surface area contributed by atoms with Gasteiger partial charge in [-0.3, -0.25) is 13.9 Å². The van der Waals surface area contributed by atoms with Crippen molar-refractivity contribution in [2.24, 2.45) is 7.05 Å². The second kappa shape index (κ2) is 4.53. The molecular formula is C14H18N4O4. The summed E-state index contributed by atoms with van der Waals surface area (Å²) >= 11 is 0. The van der Waals surface area contributed by atoms with Crippen molar-refractivity contribution in [3.05, 3.63) is 27.2 Å². The van der Waals surface area contributed by atoms with Crippen molar-refractivity contribution >= 4 is 11.2 Å². The third-order valence-electron chi connectivity index (χ3n) is 4.31. The highest BCUT2D eigenvalue weighted by molar-refractivity contribution is 5.70. The normalized spacial score (nSPS) is 20.8. The Kier molecular flexibility index (Phi) is 2.82. The van der Waals surface area contributed by atoms with E-state index in [0.717, 1.165) is 17.4 Å². The van der Waals surface area contributed by atoms with Gasteiger partial charge in [-0.05, 0) is 19.8 Å². The van der Waals surface area contributed by atoms with Crippen LogP contribution in [0.15, 0.2) is 15.9 Å². The smallest absolute Gasteiger partial charge is 0.332 e. The lowest BCUT2D eigenvalue weighted by Crippen LogP contribution is -2.39. The molecule has 3 heterocycles. The van der Waals surface area contributed by atoms with Crippen LogP contribution in [0.2, 0.25) is 0 Å². The third kappa shape index (κ3) is 1.94. The highest BCUT2D eigenvalue weighted by Crippen LogP contribution is 2.35. The number of nitrogens with zero attached hydrogens (tertiary/aromatic N) is 4. The van der Waals surface area contributed by atoms with Crippen LogP contribution >= 0.6 is 0 Å². The van der Waals surface area contributed by atoms with E-state index < -0.39 is 5.79 Å². The molecule has 2 fully saturated rings. The maximum atomic E-state index is 12.5. The van der Waals surface area contributed by atoms with Crippen LogP contribution in [0.4, 0.5) is 0 Å². The lowest BCUT2D eigenvalue weighted by atomic mass is 10.3. The molecule has 0 bridgehead atoms. The van der Waals surface area contributed by atoms with Crippen LogP contribution < -0.4 is 11.2 Å². The van der Waals surface area contributed by atoms with Crippen LogP contribution in [0.25, 0.3) is 11.2 Å². The van der Waals surface area contributed by atoms with Crippen LogP contribution in [0.1, 0.15) is 25.8 Å². The van der Waals surface area contributed by atoms with Gasteiger partial charge in [0, 0.05) is 13.1 Å². The molecule has 0 aromatic carbocycles. The average Bonchev–Trinajstić information content (AvgIpc) is 3.10. The van der Waals surface area contributed by atoms with E-state index >= 15 is 0 Å². The van der Waals surface area contributed by atoms with Gasteiger partial charge in [-0.1, -0.05) is 0 Å². The van der Waals surface area contributed by atoms with Crippen LogP contribution in [-0.4, -0.2) is 37.7 Å². The fourth-order valence-electron chi connectivity index (χ4n) is 3.00. The minimum atomic E-state index is -0.765. The topological polar surface area (TPSA) is 80.3 Å². The molecule has 1 saturated carbocycles. The summed E-state index contributed by atoms with van der Waals surface area (Å²) in [7, 11) is 1.50. The Morgan fingerprint density at radius 3 is 2.64 bits per heavy atom. The van der Waals surface area contributed by atoms with Crippen LogP contribution in [0, 0.1) is 0 Å². The Balaban J connectivity index is 1.91. The number of hydrogen-bond acceptors (Lipinski definition) is 5. The number of ether oxygens (including phenoxy) is 2. The summed E-state index contributed by atoms with van der Waals surface area (Å²) in [5.74, 6) is -0.765. The Labute approximate surface area is 125 Å². The lowest BCUT2D eigenvalue weighted by molar-refractivity contribution is -0.151. The summed E-state index contributed by atoms with van der Waals surface area (Å²) in [5.41, 5.74) is 0.243. The van der Waals surface area contributed by atoms with Crippen molar-refractivity contribution in [3.8, 4) is 0 Å². The van der Waals surface area contributed by atoms with E-state index in [9.17, 15) is 9.59 Å². The Bertz CT molecular complexity index is 852. The molecular weight excluding hydrogens is 288 g/mol. The van der Waals surface area contributed by atoms with Crippen molar-refractivity contribution in [1.29, 1.82) is 0 Å². The zero-order valence-corrected chi connectivity index (χ0v) is 12.6. The summed E-state index contributed by atoms with van der Waals surface area (Å²) in [4.78, 5) is 29.2. The zero-order valence-electron chi connectivity index (χ0n) is 12.6. The van der Waals surface area contributed by atoms with E-state index in [1.165, 1.54) is 7.05 Å². The van der Waals surface area contributed by atoms with E-state index in [1.54, 1.807) is 15.5 Å². The van der Waals surface area contributed by atoms with Gasteiger partial charge >= 0.3 is 5.69 Å². The molecule has 0 unspecified atom stereocenters. The molecule has 8 nitrogen and oxygen atoms in total. The van der Waals surface area contributed by atoms with E-state index in [2.05, 4.69) is 4.98 Å². The lowest BCUT2D eigenvalue weighted by Gasteiger charge is -2.22. The maximum absolute atomic E-state index is 12.5. The first kappa shape index (κ1) is 13.7. The summed E-state index contributed by atoms with van der Waals surface area (Å²) in [6, 6.07) is 0.153. The predicted octanol–water partition coefficient (Wildman–Crippen LogP) is -0.00540. The van der Waals surface area contributed by atoms with Crippen molar-refractivity contribution in [3.63, 3.8) is 0 Å². The minimum Gasteiger partial charge on any atom is -0.346 e. The van der Waals surface area contributed by atoms with E-state index in [-0.39, 0.29) is 17.3 Å². The molecule has 118 valence electrons. The number of hydrogen-bond donors (Lipinski definition) is 0. The monoisotopic (exact) mass is 306 g/mol. The number of fused-ring (bicyclic) bond motifs is 1. The quantitative estimate of drug-likeness (QED) is 0.797. The van der Waals surface area contributed by atoms with Crippen molar-refractivity contribution < 1.29 is 9.47 Å². The van der Waals surface area contributed by atoms with Gasteiger partial charge in [-0.2, -0.15) is 0 Å². The third-order valence-corrected chi connectivity index (χ3v) is 4.31. The summed E-state index contributed by atoms with van der Waals surface area (Å²) in [5, 5.41) is 0. The van der Waals surface area contributed by atoms with Gasteiger partial charge in [-0.15, -0.1) is 0 Å². The Morgan fingerprint density at radius 2 is 2.00 bits per heavy atom. The molecule has 2 aliphatic rings. The molecule has 2 aromatic heterocycles. The van der Waals surface area contributed by atoms with Gasteiger partial charge in [0.1, 0.15) is 0 Å². The number of aromatic nitrogens is 4. The second-order valence-electron chi connectivity index (χ2n) is 6.12. The Hall–Kier alpha value is -1.93. The highest BCUT2D eigenvalue weighted by atomic mass is 16.7. The maximum Gasteiger partial charge on any atom is 0.332 e. The number of rotatable bonds is 3. The average molecular weight is 306 g/mol. The van der Waals surface area contributed by atoms with E-state index in [4.69, 9.17) is 9.47 Å². The van der Waals surface area contributed by atoms with Gasteiger partial charge in [-0.25, -0.2) is 9.78 Å². The molecule has 1 saturated heterocycles. The fourth-order valence-corrected chi connectivity index (χ4v) is 3.00. The van der Waals surface area contributed by atoms with Gasteiger partial charge in [0.15, 0.2) is 17.0 Å². The molecule has 8 heteroatoms. The Morgan fingerprint density at radius 1 is 1.32 bits per heavy atom. The molecule has 22 heavy (non-hydrogen) atoms. The summed E-state index contributed by atoms with van der Waals surface area (Å²) in [6.07, 6.45) is 3.48. The first-order chi connectivity index (χ1) is 10.5. The molecule has 1 aliphatic heterocycles. The van der Waals surface area contributed by atoms with Crippen molar-refractivity contribution in [1.82, 2.24) is 18.7 Å². The SMILES string of the molecule is Cn1c(=O)c2c(ncn2CC2(C)OCCO2)n(C2CC2)c1=O. The van der Waals surface area contributed by atoms with Gasteiger partial charge < -0.3 is 14.0 Å². The summed E-state index contributed by atoms with van der Waals surface area (Å²) < 4.78 is 15.7.